The number of aromatic nitrogens is 2. The van der Waals surface area contributed by atoms with Gasteiger partial charge in [0, 0.05) is 22.3 Å². The van der Waals surface area contributed by atoms with Crippen LogP contribution in [0.5, 0.6) is 0 Å². The number of hydrogen-bond acceptors (Lipinski definition) is 3. The molecule has 2 N–H and O–H groups in total. The van der Waals surface area contributed by atoms with Crippen LogP contribution in [0.1, 0.15) is 30.7 Å². The van der Waals surface area contributed by atoms with E-state index in [2.05, 4.69) is 21.7 Å². The zero-order chi connectivity index (χ0) is 10.5. The van der Waals surface area contributed by atoms with E-state index in [9.17, 15) is 0 Å². The number of nitrogens with two attached hydrogens (primary N) is 1. The Balaban J connectivity index is 1.86. The van der Waals surface area contributed by atoms with Gasteiger partial charge in [-0.15, -0.1) is 11.3 Å². The van der Waals surface area contributed by atoms with Crippen molar-refractivity contribution in [1.82, 2.24) is 9.38 Å². The number of imidazole rings is 1. The first-order valence-corrected chi connectivity index (χ1v) is 6.25. The van der Waals surface area contributed by atoms with Crippen LogP contribution >= 0.6 is 11.3 Å². The van der Waals surface area contributed by atoms with Gasteiger partial charge in [-0.25, -0.2) is 4.98 Å². The fraction of sp³-hybridized carbons (Fsp3) is 0.545. The van der Waals surface area contributed by atoms with Crippen LogP contribution in [0, 0.1) is 6.92 Å². The minimum Gasteiger partial charge on any atom is -0.325 e. The maximum Gasteiger partial charge on any atom is 0.194 e. The van der Waals surface area contributed by atoms with Gasteiger partial charge < -0.3 is 5.73 Å². The molecule has 0 spiro atoms. The molecule has 0 unspecified atom stereocenters. The summed E-state index contributed by atoms with van der Waals surface area (Å²) >= 11 is 1.70. The molecule has 0 radical (unpaired) electrons. The monoisotopic (exact) mass is 221 g/mol. The normalized spacial score (nSPS) is 18.5. The van der Waals surface area contributed by atoms with Crippen molar-refractivity contribution in [2.75, 3.05) is 0 Å². The number of rotatable bonds is 3. The molecule has 15 heavy (non-hydrogen) atoms. The van der Waals surface area contributed by atoms with Crippen molar-refractivity contribution in [3.8, 4) is 0 Å². The van der Waals surface area contributed by atoms with Crippen LogP contribution in [0.3, 0.4) is 0 Å². The van der Waals surface area contributed by atoms with Gasteiger partial charge >= 0.3 is 0 Å². The topological polar surface area (TPSA) is 43.3 Å². The maximum atomic E-state index is 6.09. The Labute approximate surface area is 92.9 Å². The van der Waals surface area contributed by atoms with E-state index in [0.29, 0.717) is 0 Å². The highest BCUT2D eigenvalue weighted by Crippen LogP contribution is 2.36. The van der Waals surface area contributed by atoms with Crippen molar-refractivity contribution in [3.05, 3.63) is 23.0 Å². The lowest BCUT2D eigenvalue weighted by atomic mass is 10.1. The van der Waals surface area contributed by atoms with Gasteiger partial charge in [0.1, 0.15) is 0 Å². The van der Waals surface area contributed by atoms with Crippen molar-refractivity contribution in [2.24, 2.45) is 5.73 Å². The van der Waals surface area contributed by atoms with Gasteiger partial charge in [-0.2, -0.15) is 0 Å². The summed E-state index contributed by atoms with van der Waals surface area (Å²) in [5.41, 5.74) is 8.83. The van der Waals surface area contributed by atoms with Crippen LogP contribution < -0.4 is 5.73 Å². The zero-order valence-electron chi connectivity index (χ0n) is 8.86. The summed E-state index contributed by atoms with van der Waals surface area (Å²) in [6.45, 7) is 2.13. The molecule has 2 aromatic rings. The number of aryl methyl sites for hydroxylation is 2. The molecule has 0 amide bonds. The van der Waals surface area contributed by atoms with E-state index >= 15 is 0 Å². The van der Waals surface area contributed by atoms with Crippen molar-refractivity contribution >= 4 is 16.3 Å². The maximum absolute atomic E-state index is 6.09. The highest BCUT2D eigenvalue weighted by molar-refractivity contribution is 7.15. The average molecular weight is 221 g/mol. The standard InChI is InChI=1S/C11H15N3S/c1-8-7-15-10-13-6-9(14(8)10)2-3-11(12)4-5-11/h6-7H,2-5,12H2,1H3. The van der Waals surface area contributed by atoms with Crippen LogP contribution in [0.15, 0.2) is 11.6 Å². The molecular weight excluding hydrogens is 206 g/mol. The molecular formula is C11H15N3S. The summed E-state index contributed by atoms with van der Waals surface area (Å²) < 4.78 is 2.25. The quantitative estimate of drug-likeness (QED) is 0.862. The molecule has 0 saturated heterocycles. The SMILES string of the molecule is Cc1csc2ncc(CCC3(N)CC3)n12. The van der Waals surface area contributed by atoms with Gasteiger partial charge in [0.2, 0.25) is 0 Å². The lowest BCUT2D eigenvalue weighted by Crippen LogP contribution is -2.22. The van der Waals surface area contributed by atoms with Gasteiger partial charge in [-0.1, -0.05) is 0 Å². The Morgan fingerprint density at radius 1 is 1.60 bits per heavy atom. The molecule has 3 rings (SSSR count). The summed E-state index contributed by atoms with van der Waals surface area (Å²) in [7, 11) is 0. The first-order chi connectivity index (χ1) is 7.18. The Bertz CT molecular complexity index is 493. The van der Waals surface area contributed by atoms with Crippen LogP contribution in [0.4, 0.5) is 0 Å². The minimum atomic E-state index is 0.147. The Hall–Kier alpha value is -0.870. The first-order valence-electron chi connectivity index (χ1n) is 5.37. The molecule has 0 aliphatic heterocycles. The molecule has 1 aliphatic carbocycles. The van der Waals surface area contributed by atoms with E-state index in [1.165, 1.54) is 24.2 Å². The number of thiazole rings is 1. The van der Waals surface area contributed by atoms with E-state index in [4.69, 9.17) is 5.73 Å². The Morgan fingerprint density at radius 2 is 2.40 bits per heavy atom. The second-order valence-electron chi connectivity index (χ2n) is 4.61. The lowest BCUT2D eigenvalue weighted by Gasteiger charge is -2.07. The molecule has 1 aliphatic rings. The van der Waals surface area contributed by atoms with Gasteiger partial charge in [-0.05, 0) is 32.6 Å². The molecule has 3 nitrogen and oxygen atoms in total. The first kappa shape index (κ1) is 9.36. The summed E-state index contributed by atoms with van der Waals surface area (Å²) in [4.78, 5) is 5.50. The predicted molar refractivity (Wildman–Crippen MR) is 62.3 cm³/mol. The Morgan fingerprint density at radius 3 is 3.13 bits per heavy atom. The van der Waals surface area contributed by atoms with E-state index in [1.807, 2.05) is 6.20 Å². The molecule has 2 aromatic heterocycles. The highest BCUT2D eigenvalue weighted by Gasteiger charge is 2.37. The van der Waals surface area contributed by atoms with Gasteiger partial charge in [0.05, 0.1) is 6.20 Å². The lowest BCUT2D eigenvalue weighted by molar-refractivity contribution is 0.601. The van der Waals surface area contributed by atoms with Gasteiger partial charge in [0.15, 0.2) is 4.96 Å². The zero-order valence-corrected chi connectivity index (χ0v) is 9.68. The fourth-order valence-corrected chi connectivity index (χ4v) is 2.84. The molecule has 4 heteroatoms. The van der Waals surface area contributed by atoms with Crippen LogP contribution in [-0.2, 0) is 6.42 Å². The minimum absolute atomic E-state index is 0.147. The van der Waals surface area contributed by atoms with Crippen molar-refractivity contribution in [1.29, 1.82) is 0 Å². The van der Waals surface area contributed by atoms with Crippen molar-refractivity contribution in [2.45, 2.75) is 38.1 Å². The van der Waals surface area contributed by atoms with Crippen LogP contribution in [0.25, 0.3) is 4.96 Å². The van der Waals surface area contributed by atoms with Crippen molar-refractivity contribution in [3.63, 3.8) is 0 Å². The van der Waals surface area contributed by atoms with E-state index in [0.717, 1.165) is 17.8 Å². The summed E-state index contributed by atoms with van der Waals surface area (Å²) in [5, 5.41) is 2.15. The molecule has 0 atom stereocenters. The molecule has 1 fully saturated rings. The third kappa shape index (κ3) is 1.58. The molecule has 1 saturated carbocycles. The van der Waals surface area contributed by atoms with E-state index in [1.54, 1.807) is 11.3 Å². The second-order valence-corrected chi connectivity index (χ2v) is 5.44. The average Bonchev–Trinajstić information content (AvgIpc) is 2.68. The number of hydrogen-bond donors (Lipinski definition) is 1. The molecule has 2 heterocycles. The van der Waals surface area contributed by atoms with Gasteiger partial charge in [0.25, 0.3) is 0 Å². The second kappa shape index (κ2) is 3.06. The smallest absolute Gasteiger partial charge is 0.194 e. The predicted octanol–water partition coefficient (Wildman–Crippen LogP) is 2.13. The third-order valence-electron chi connectivity index (χ3n) is 3.26. The molecule has 80 valence electrons. The molecule has 0 aromatic carbocycles. The number of nitrogens with zero attached hydrogens (tertiary/aromatic N) is 2. The van der Waals surface area contributed by atoms with E-state index in [-0.39, 0.29) is 5.54 Å². The van der Waals surface area contributed by atoms with Gasteiger partial charge in [-0.3, -0.25) is 4.40 Å². The summed E-state index contributed by atoms with van der Waals surface area (Å²) in [6.07, 6.45) is 6.52. The summed E-state index contributed by atoms with van der Waals surface area (Å²) in [5.74, 6) is 0. The third-order valence-corrected chi connectivity index (χ3v) is 4.22. The largest absolute Gasteiger partial charge is 0.325 e. The summed E-state index contributed by atoms with van der Waals surface area (Å²) in [6, 6.07) is 0. The number of fused-ring (bicyclic) bond motifs is 1. The highest BCUT2D eigenvalue weighted by atomic mass is 32.1. The van der Waals surface area contributed by atoms with Crippen LogP contribution in [0.2, 0.25) is 0 Å². The van der Waals surface area contributed by atoms with E-state index < -0.39 is 0 Å². The van der Waals surface area contributed by atoms with Crippen LogP contribution in [-0.4, -0.2) is 14.9 Å². The molecule has 0 bridgehead atoms. The fourth-order valence-electron chi connectivity index (χ4n) is 1.98. The Kier molecular flexibility index (Phi) is 1.91. The van der Waals surface area contributed by atoms with Crippen molar-refractivity contribution < 1.29 is 0 Å².